The van der Waals surface area contributed by atoms with E-state index in [1.165, 1.54) is 0 Å². The molecule has 1 saturated heterocycles. The first-order valence-corrected chi connectivity index (χ1v) is 6.70. The van der Waals surface area contributed by atoms with E-state index in [4.69, 9.17) is 0 Å². The van der Waals surface area contributed by atoms with Crippen LogP contribution >= 0.6 is 0 Å². The maximum atomic E-state index is 12.4. The molecule has 2 aliphatic rings. The minimum Gasteiger partial charge on any atom is -0.323 e. The average molecular weight is 252 g/mol. The molecule has 0 aromatic carbocycles. The molecule has 1 aliphatic carbocycles. The Morgan fingerprint density at radius 2 is 1.94 bits per heavy atom. The molecule has 2 fully saturated rings. The van der Waals surface area contributed by atoms with Gasteiger partial charge in [0.25, 0.3) is 5.91 Å². The molecule has 1 spiro atoms. The Bertz CT molecular complexity index is 386. The Hall–Kier alpha value is -1.39. The molecule has 18 heavy (non-hydrogen) atoms. The van der Waals surface area contributed by atoms with Gasteiger partial charge in [0.2, 0.25) is 0 Å². The zero-order chi connectivity index (χ0) is 13.3. The van der Waals surface area contributed by atoms with Crippen LogP contribution in [0, 0.1) is 0 Å². The molecule has 5 nitrogen and oxygen atoms in total. The SMILES string of the molecule is CCC(=O)C(C)N1C(=O)NC2(CCCCC2)C1=O. The summed E-state index contributed by atoms with van der Waals surface area (Å²) < 4.78 is 0. The zero-order valence-corrected chi connectivity index (χ0v) is 11.0. The number of hydrogen-bond donors (Lipinski definition) is 1. The predicted molar refractivity (Wildman–Crippen MR) is 66.0 cm³/mol. The molecule has 0 aromatic rings. The maximum absolute atomic E-state index is 12.4. The molecule has 1 N–H and O–H groups in total. The number of rotatable bonds is 3. The van der Waals surface area contributed by atoms with Crippen LogP contribution in [0.4, 0.5) is 4.79 Å². The normalized spacial score (nSPS) is 24.2. The van der Waals surface area contributed by atoms with Gasteiger partial charge in [-0.05, 0) is 19.8 Å². The van der Waals surface area contributed by atoms with Gasteiger partial charge in [0.05, 0.1) is 6.04 Å². The van der Waals surface area contributed by atoms with Crippen LogP contribution < -0.4 is 5.32 Å². The fourth-order valence-electron chi connectivity index (χ4n) is 2.93. The second kappa shape index (κ2) is 4.71. The lowest BCUT2D eigenvalue weighted by molar-refractivity contribution is -0.138. The van der Waals surface area contributed by atoms with E-state index in [0.29, 0.717) is 19.3 Å². The van der Waals surface area contributed by atoms with Crippen molar-refractivity contribution in [2.24, 2.45) is 0 Å². The molecule has 3 amide bonds. The summed E-state index contributed by atoms with van der Waals surface area (Å²) in [6, 6.07) is -1.06. The van der Waals surface area contributed by atoms with Crippen molar-refractivity contribution in [1.82, 2.24) is 10.2 Å². The number of ketones is 1. The van der Waals surface area contributed by atoms with Gasteiger partial charge in [-0.3, -0.25) is 14.5 Å². The summed E-state index contributed by atoms with van der Waals surface area (Å²) in [6.07, 6.45) is 4.74. The van der Waals surface area contributed by atoms with Crippen molar-refractivity contribution in [2.75, 3.05) is 0 Å². The highest BCUT2D eigenvalue weighted by Crippen LogP contribution is 2.34. The fraction of sp³-hybridized carbons (Fsp3) is 0.769. The second-order valence-electron chi connectivity index (χ2n) is 5.24. The van der Waals surface area contributed by atoms with Crippen LogP contribution in [0.1, 0.15) is 52.4 Å². The number of carbonyl (C=O) groups is 3. The first-order chi connectivity index (χ1) is 8.52. The summed E-state index contributed by atoms with van der Waals surface area (Å²) in [7, 11) is 0. The first kappa shape index (κ1) is 13.1. The number of imide groups is 1. The zero-order valence-electron chi connectivity index (χ0n) is 11.0. The Balaban J connectivity index is 2.21. The van der Waals surface area contributed by atoms with Crippen LogP contribution in [0.3, 0.4) is 0 Å². The number of amides is 3. The first-order valence-electron chi connectivity index (χ1n) is 6.70. The maximum Gasteiger partial charge on any atom is 0.325 e. The van der Waals surface area contributed by atoms with E-state index in [1.54, 1.807) is 13.8 Å². The van der Waals surface area contributed by atoms with Gasteiger partial charge in [-0.1, -0.05) is 26.2 Å². The lowest BCUT2D eigenvalue weighted by Crippen LogP contribution is -2.49. The van der Waals surface area contributed by atoms with Crippen LogP contribution in [0.15, 0.2) is 0 Å². The third-order valence-corrected chi connectivity index (χ3v) is 4.10. The molecular formula is C13H20N2O3. The molecule has 1 unspecified atom stereocenters. The van der Waals surface area contributed by atoms with Gasteiger partial charge in [0.1, 0.15) is 5.54 Å². The highest BCUT2D eigenvalue weighted by Gasteiger charge is 2.53. The van der Waals surface area contributed by atoms with Gasteiger partial charge in [-0.15, -0.1) is 0 Å². The predicted octanol–water partition coefficient (Wildman–Crippen LogP) is 1.61. The number of nitrogens with one attached hydrogen (secondary N) is 1. The van der Waals surface area contributed by atoms with Crippen LogP contribution in [0.2, 0.25) is 0 Å². The van der Waals surface area contributed by atoms with Crippen LogP contribution in [-0.4, -0.2) is 34.2 Å². The monoisotopic (exact) mass is 252 g/mol. The number of urea groups is 1. The van der Waals surface area contributed by atoms with E-state index in [-0.39, 0.29) is 11.7 Å². The molecule has 5 heteroatoms. The Kier molecular flexibility index (Phi) is 3.41. The van der Waals surface area contributed by atoms with E-state index in [1.807, 2.05) is 0 Å². The number of hydrogen-bond acceptors (Lipinski definition) is 3. The molecular weight excluding hydrogens is 232 g/mol. The Labute approximate surface area is 107 Å². The molecule has 1 aliphatic heterocycles. The van der Waals surface area contributed by atoms with Crippen LogP contribution in [0.25, 0.3) is 0 Å². The van der Waals surface area contributed by atoms with Gasteiger partial charge >= 0.3 is 6.03 Å². The third kappa shape index (κ3) is 1.91. The van der Waals surface area contributed by atoms with E-state index in [9.17, 15) is 14.4 Å². The minimum atomic E-state index is -0.725. The second-order valence-corrected chi connectivity index (χ2v) is 5.24. The molecule has 100 valence electrons. The van der Waals surface area contributed by atoms with Crippen molar-refractivity contribution < 1.29 is 14.4 Å². The van der Waals surface area contributed by atoms with Gasteiger partial charge in [-0.2, -0.15) is 0 Å². The quantitative estimate of drug-likeness (QED) is 0.776. The van der Waals surface area contributed by atoms with Crippen molar-refractivity contribution in [3.8, 4) is 0 Å². The summed E-state index contributed by atoms with van der Waals surface area (Å²) in [5, 5.41) is 2.81. The Morgan fingerprint density at radius 1 is 1.33 bits per heavy atom. The molecule has 1 atom stereocenters. The summed E-state index contributed by atoms with van der Waals surface area (Å²) in [4.78, 5) is 37.2. The van der Waals surface area contributed by atoms with Crippen molar-refractivity contribution >= 4 is 17.7 Å². The highest BCUT2D eigenvalue weighted by atomic mass is 16.2. The smallest absolute Gasteiger partial charge is 0.323 e. The molecule has 2 rings (SSSR count). The summed E-state index contributed by atoms with van der Waals surface area (Å²) in [5.74, 6) is -0.284. The number of Topliss-reactive ketones (excluding diaryl/α,β-unsaturated/α-hetero) is 1. The standard InChI is InChI=1S/C13H20N2O3/c1-3-10(16)9(2)15-11(17)13(14-12(15)18)7-5-4-6-8-13/h9H,3-8H2,1-2H3,(H,14,18). The number of nitrogens with zero attached hydrogens (tertiary/aromatic N) is 1. The van der Waals surface area contributed by atoms with E-state index >= 15 is 0 Å². The van der Waals surface area contributed by atoms with E-state index in [2.05, 4.69) is 5.32 Å². The van der Waals surface area contributed by atoms with E-state index < -0.39 is 17.6 Å². The van der Waals surface area contributed by atoms with Gasteiger partial charge in [0.15, 0.2) is 5.78 Å². The fourth-order valence-corrected chi connectivity index (χ4v) is 2.93. The van der Waals surface area contributed by atoms with Gasteiger partial charge < -0.3 is 5.32 Å². The van der Waals surface area contributed by atoms with Crippen LogP contribution in [0.5, 0.6) is 0 Å². The largest absolute Gasteiger partial charge is 0.325 e. The van der Waals surface area contributed by atoms with Crippen LogP contribution in [-0.2, 0) is 9.59 Å². The third-order valence-electron chi connectivity index (χ3n) is 4.10. The minimum absolute atomic E-state index is 0.0774. The van der Waals surface area contributed by atoms with Crippen molar-refractivity contribution in [1.29, 1.82) is 0 Å². The lowest BCUT2D eigenvalue weighted by Gasteiger charge is -2.31. The molecule has 0 radical (unpaired) electrons. The van der Waals surface area contributed by atoms with Gasteiger partial charge in [0, 0.05) is 6.42 Å². The summed E-state index contributed by atoms with van der Waals surface area (Å²) >= 11 is 0. The average Bonchev–Trinajstić information content (AvgIpc) is 2.60. The van der Waals surface area contributed by atoms with Crippen molar-refractivity contribution in [3.63, 3.8) is 0 Å². The molecule has 0 aromatic heterocycles. The van der Waals surface area contributed by atoms with Gasteiger partial charge in [-0.25, -0.2) is 4.79 Å². The summed E-state index contributed by atoms with van der Waals surface area (Å²) in [6.45, 7) is 3.37. The molecule has 1 heterocycles. The summed E-state index contributed by atoms with van der Waals surface area (Å²) in [5.41, 5.74) is -0.725. The topological polar surface area (TPSA) is 66.5 Å². The van der Waals surface area contributed by atoms with E-state index in [0.717, 1.165) is 24.2 Å². The lowest BCUT2D eigenvalue weighted by atomic mass is 9.81. The molecule has 0 bridgehead atoms. The Morgan fingerprint density at radius 3 is 2.50 bits per heavy atom. The highest BCUT2D eigenvalue weighted by molar-refractivity contribution is 6.10. The molecule has 1 saturated carbocycles. The van der Waals surface area contributed by atoms with Crippen molar-refractivity contribution in [3.05, 3.63) is 0 Å². The number of carbonyl (C=O) groups excluding carboxylic acids is 3. The van der Waals surface area contributed by atoms with Crippen molar-refractivity contribution in [2.45, 2.75) is 64.0 Å².